The summed E-state index contributed by atoms with van der Waals surface area (Å²) in [4.78, 5) is 19.0. The largest absolute Gasteiger partial charge is 0.337 e. The average Bonchev–Trinajstić information content (AvgIpc) is 3.67. The molecule has 2 aromatic carbocycles. The molecule has 1 aliphatic heterocycles. The number of aromatic nitrogens is 5. The molecule has 0 amide bonds. The summed E-state index contributed by atoms with van der Waals surface area (Å²) in [6.45, 7) is 8.37. The van der Waals surface area contributed by atoms with Crippen LogP contribution in [-0.4, -0.2) is 49.9 Å². The van der Waals surface area contributed by atoms with Crippen LogP contribution < -0.4 is 0 Å². The van der Waals surface area contributed by atoms with E-state index in [9.17, 15) is 4.39 Å². The molecule has 2 N–H and O–H groups in total. The maximum atomic E-state index is 14.7. The van der Waals surface area contributed by atoms with Crippen LogP contribution in [0, 0.1) is 5.82 Å². The monoisotopic (exact) mass is 505 g/mol. The Kier molecular flexibility index (Phi) is 6.39. The number of para-hydroxylation sites is 1. The topological polar surface area (TPSA) is 85.8 Å². The van der Waals surface area contributed by atoms with Crippen molar-refractivity contribution in [1.82, 2.24) is 30.0 Å². The SMILES string of the molecule is C=N/C=C\C=C(/C)c1cnc2[nH]nc(-c3nc4c(-c5cc(F)cc(CN6CCCC6)c5)cccc4[nH]3)c2c1. The number of imidazole rings is 1. The third kappa shape index (κ3) is 4.66. The number of hydrogen-bond donors (Lipinski definition) is 2. The molecule has 0 bridgehead atoms. The minimum atomic E-state index is -0.233. The van der Waals surface area contributed by atoms with E-state index in [1.165, 1.54) is 12.8 Å². The second-order valence-electron chi connectivity index (χ2n) is 9.68. The van der Waals surface area contributed by atoms with Gasteiger partial charge < -0.3 is 4.98 Å². The molecule has 0 radical (unpaired) electrons. The zero-order chi connectivity index (χ0) is 26.1. The highest BCUT2D eigenvalue weighted by atomic mass is 19.1. The second kappa shape index (κ2) is 10.1. The summed E-state index contributed by atoms with van der Waals surface area (Å²) < 4.78 is 14.7. The standard InChI is InChI=1S/C30H28FN7/c1-19(7-6-10-32-2)22-16-25-28(36-37-29(25)33-17-22)30-34-26-9-5-8-24(27(26)35-30)21-13-20(14-23(31)15-21)18-38-11-3-4-12-38/h5-10,13-17H,2-4,11-12,18H2,1H3,(H,34,35)(H,33,36,37)/b10-6-,19-7+. The maximum Gasteiger partial charge on any atom is 0.159 e. The van der Waals surface area contributed by atoms with Crippen LogP contribution in [-0.2, 0) is 6.54 Å². The number of hydrogen-bond acceptors (Lipinski definition) is 5. The van der Waals surface area contributed by atoms with Gasteiger partial charge in [0.2, 0.25) is 0 Å². The number of aromatic amines is 2. The Morgan fingerprint density at radius 1 is 1.18 bits per heavy atom. The van der Waals surface area contributed by atoms with Crippen molar-refractivity contribution >= 4 is 34.4 Å². The van der Waals surface area contributed by atoms with E-state index < -0.39 is 0 Å². The molecule has 8 heteroatoms. The first kappa shape index (κ1) is 23.9. The fourth-order valence-corrected chi connectivity index (χ4v) is 5.12. The first-order chi connectivity index (χ1) is 18.6. The van der Waals surface area contributed by atoms with Crippen LogP contribution in [0.4, 0.5) is 4.39 Å². The number of pyridine rings is 1. The van der Waals surface area contributed by atoms with Gasteiger partial charge in [0.1, 0.15) is 11.5 Å². The minimum absolute atomic E-state index is 0.233. The predicted octanol–water partition coefficient (Wildman–Crippen LogP) is 6.52. The highest BCUT2D eigenvalue weighted by molar-refractivity contribution is 5.97. The van der Waals surface area contributed by atoms with E-state index in [0.29, 0.717) is 17.2 Å². The lowest BCUT2D eigenvalue weighted by Gasteiger charge is -2.15. The lowest BCUT2D eigenvalue weighted by Crippen LogP contribution is -2.18. The summed E-state index contributed by atoms with van der Waals surface area (Å²) in [7, 11) is 0. The molecule has 0 atom stereocenters. The molecule has 190 valence electrons. The van der Waals surface area contributed by atoms with Gasteiger partial charge in [0.15, 0.2) is 11.5 Å². The van der Waals surface area contributed by atoms with Crippen molar-refractivity contribution in [3.05, 3.63) is 84.0 Å². The van der Waals surface area contributed by atoms with Gasteiger partial charge >= 0.3 is 0 Å². The zero-order valence-electron chi connectivity index (χ0n) is 21.2. The third-order valence-electron chi connectivity index (χ3n) is 7.02. The molecule has 1 fully saturated rings. The molecule has 5 aromatic rings. The van der Waals surface area contributed by atoms with Gasteiger partial charge in [-0.1, -0.05) is 18.2 Å². The van der Waals surface area contributed by atoms with Crippen molar-refractivity contribution in [2.75, 3.05) is 13.1 Å². The molecule has 3 aromatic heterocycles. The molecule has 7 nitrogen and oxygen atoms in total. The van der Waals surface area contributed by atoms with E-state index in [4.69, 9.17) is 4.98 Å². The number of aliphatic imine (C=N–C) groups is 1. The molecular weight excluding hydrogens is 477 g/mol. The summed E-state index contributed by atoms with van der Waals surface area (Å²) in [6, 6.07) is 13.3. The Morgan fingerprint density at radius 2 is 2.05 bits per heavy atom. The summed E-state index contributed by atoms with van der Waals surface area (Å²) in [5.74, 6) is 0.396. The molecule has 1 aliphatic rings. The van der Waals surface area contributed by atoms with Gasteiger partial charge in [-0.05, 0) is 98.2 Å². The first-order valence-electron chi connectivity index (χ1n) is 12.7. The van der Waals surface area contributed by atoms with Crippen LogP contribution in [0.2, 0.25) is 0 Å². The number of nitrogens with one attached hydrogen (secondary N) is 2. The Hall–Kier alpha value is -4.43. The van der Waals surface area contributed by atoms with E-state index in [1.807, 2.05) is 49.5 Å². The van der Waals surface area contributed by atoms with E-state index >= 15 is 0 Å². The second-order valence-corrected chi connectivity index (χ2v) is 9.68. The van der Waals surface area contributed by atoms with Crippen molar-refractivity contribution < 1.29 is 4.39 Å². The van der Waals surface area contributed by atoms with Crippen LogP contribution >= 0.6 is 0 Å². The molecule has 0 saturated carbocycles. The number of allylic oxidation sites excluding steroid dienone is 3. The molecule has 4 heterocycles. The molecule has 0 aliphatic carbocycles. The Bertz CT molecular complexity index is 1700. The maximum absolute atomic E-state index is 14.7. The predicted molar refractivity (Wildman–Crippen MR) is 151 cm³/mol. The summed E-state index contributed by atoms with van der Waals surface area (Å²) in [5.41, 5.74) is 7.69. The van der Waals surface area contributed by atoms with Crippen LogP contribution in [0.1, 0.15) is 30.9 Å². The third-order valence-corrected chi connectivity index (χ3v) is 7.02. The molecule has 1 saturated heterocycles. The van der Waals surface area contributed by atoms with Gasteiger partial charge in [0.25, 0.3) is 0 Å². The lowest BCUT2D eigenvalue weighted by molar-refractivity contribution is 0.331. The van der Waals surface area contributed by atoms with Crippen molar-refractivity contribution in [2.24, 2.45) is 4.99 Å². The van der Waals surface area contributed by atoms with Gasteiger partial charge in [-0.3, -0.25) is 15.0 Å². The molecule has 6 rings (SSSR count). The Morgan fingerprint density at radius 3 is 2.89 bits per heavy atom. The van der Waals surface area contributed by atoms with Gasteiger partial charge in [0, 0.05) is 24.5 Å². The number of nitrogens with zero attached hydrogens (tertiary/aromatic N) is 5. The molecule has 38 heavy (non-hydrogen) atoms. The Balaban J connectivity index is 1.40. The summed E-state index contributed by atoms with van der Waals surface area (Å²) in [5, 5.41) is 8.40. The van der Waals surface area contributed by atoms with Crippen molar-refractivity contribution in [3.63, 3.8) is 0 Å². The average molecular weight is 506 g/mol. The van der Waals surface area contributed by atoms with E-state index in [-0.39, 0.29) is 5.82 Å². The highest BCUT2D eigenvalue weighted by Gasteiger charge is 2.18. The van der Waals surface area contributed by atoms with Crippen LogP contribution in [0.25, 0.3) is 50.3 Å². The normalized spacial score (nSPS) is 14.8. The first-order valence-corrected chi connectivity index (χ1v) is 12.7. The van der Waals surface area contributed by atoms with Gasteiger partial charge in [-0.2, -0.15) is 5.10 Å². The summed E-state index contributed by atoms with van der Waals surface area (Å²) >= 11 is 0. The smallest absolute Gasteiger partial charge is 0.159 e. The quantitative estimate of drug-likeness (QED) is 0.195. The number of rotatable bonds is 7. The van der Waals surface area contributed by atoms with E-state index in [2.05, 4.69) is 42.8 Å². The number of H-pyrrole nitrogens is 2. The van der Waals surface area contributed by atoms with Crippen molar-refractivity contribution in [3.8, 4) is 22.6 Å². The van der Waals surface area contributed by atoms with Crippen molar-refractivity contribution in [1.29, 1.82) is 0 Å². The van der Waals surface area contributed by atoms with Crippen molar-refractivity contribution in [2.45, 2.75) is 26.3 Å². The number of halogens is 1. The lowest BCUT2D eigenvalue weighted by atomic mass is 10.0. The fourth-order valence-electron chi connectivity index (χ4n) is 5.12. The van der Waals surface area contributed by atoms with Crippen LogP contribution in [0.15, 0.2) is 72.0 Å². The van der Waals surface area contributed by atoms with Gasteiger partial charge in [-0.25, -0.2) is 14.4 Å². The minimum Gasteiger partial charge on any atom is -0.337 e. The van der Waals surface area contributed by atoms with Crippen LogP contribution in [0.5, 0.6) is 0 Å². The molecule has 0 unspecified atom stereocenters. The summed E-state index contributed by atoms with van der Waals surface area (Å²) in [6.07, 6.45) is 9.66. The number of benzene rings is 2. The van der Waals surface area contributed by atoms with E-state index in [0.717, 1.165) is 63.9 Å². The zero-order valence-corrected chi connectivity index (χ0v) is 21.2. The van der Waals surface area contributed by atoms with Crippen LogP contribution in [0.3, 0.4) is 0 Å². The Labute approximate surface area is 219 Å². The fraction of sp³-hybridized carbons (Fsp3) is 0.200. The number of fused-ring (bicyclic) bond motifs is 2. The number of likely N-dealkylation sites (tertiary alicyclic amines) is 1. The van der Waals surface area contributed by atoms with Gasteiger partial charge in [0.05, 0.1) is 16.4 Å². The highest BCUT2D eigenvalue weighted by Crippen LogP contribution is 2.33. The molecule has 0 spiro atoms. The molecular formula is C30H28FN7. The van der Waals surface area contributed by atoms with Gasteiger partial charge in [-0.15, -0.1) is 0 Å². The van der Waals surface area contributed by atoms with E-state index in [1.54, 1.807) is 18.3 Å².